The first-order chi connectivity index (χ1) is 5.79. The molecule has 0 aliphatic heterocycles. The number of aliphatic imine (C=N–C) groups is 1. The van der Waals surface area contributed by atoms with Crippen molar-refractivity contribution in [3.05, 3.63) is 18.2 Å². The van der Waals surface area contributed by atoms with Crippen LogP contribution in [-0.4, -0.2) is 15.6 Å². The smallest absolute Gasteiger partial charge is 0.235 e. The molecule has 1 atom stereocenters. The molecule has 1 aromatic rings. The predicted octanol–water partition coefficient (Wildman–Crippen LogP) is 1.30. The van der Waals surface area contributed by atoms with Crippen molar-refractivity contribution >= 4 is 6.08 Å². The Morgan fingerprint density at radius 1 is 1.83 bits per heavy atom. The highest BCUT2D eigenvalue weighted by Gasteiger charge is 2.08. The highest BCUT2D eigenvalue weighted by atomic mass is 16.1. The molecule has 0 saturated carbocycles. The van der Waals surface area contributed by atoms with Crippen LogP contribution in [0.5, 0.6) is 0 Å². The number of aromatic nitrogens is 2. The number of hydrogen-bond acceptors (Lipinski definition) is 3. The van der Waals surface area contributed by atoms with Crippen molar-refractivity contribution in [2.45, 2.75) is 26.4 Å². The Bertz CT molecular complexity index is 299. The van der Waals surface area contributed by atoms with Crippen molar-refractivity contribution in [1.29, 1.82) is 0 Å². The molecule has 0 aliphatic carbocycles. The van der Waals surface area contributed by atoms with Crippen LogP contribution in [0.15, 0.2) is 17.4 Å². The van der Waals surface area contributed by atoms with Gasteiger partial charge in [0.1, 0.15) is 11.9 Å². The first-order valence-corrected chi connectivity index (χ1v) is 3.87. The molecule has 4 nitrogen and oxygen atoms in total. The molecular weight excluding hydrogens is 154 g/mol. The molecule has 0 radical (unpaired) electrons. The second-order valence-corrected chi connectivity index (χ2v) is 2.47. The van der Waals surface area contributed by atoms with E-state index < -0.39 is 0 Å². The summed E-state index contributed by atoms with van der Waals surface area (Å²) in [5.74, 6) is 0.806. The molecule has 0 aromatic carbocycles. The molecule has 1 unspecified atom stereocenters. The van der Waals surface area contributed by atoms with Crippen molar-refractivity contribution in [2.75, 3.05) is 0 Å². The standard InChI is InChI=1S/C8H11N3O/c1-3-11-5-4-9-8(11)7(2)10-6-12/h4-5,7H,3H2,1-2H3. The van der Waals surface area contributed by atoms with Gasteiger partial charge in [0.05, 0.1) is 0 Å². The van der Waals surface area contributed by atoms with Crippen molar-refractivity contribution in [3.63, 3.8) is 0 Å². The number of imidazole rings is 1. The van der Waals surface area contributed by atoms with Gasteiger partial charge >= 0.3 is 0 Å². The average Bonchev–Trinajstić information content (AvgIpc) is 2.51. The average molecular weight is 165 g/mol. The van der Waals surface area contributed by atoms with Gasteiger partial charge in [-0.1, -0.05) is 0 Å². The largest absolute Gasteiger partial charge is 0.333 e. The van der Waals surface area contributed by atoms with Crippen LogP contribution in [0.1, 0.15) is 25.7 Å². The van der Waals surface area contributed by atoms with Crippen LogP contribution in [0.3, 0.4) is 0 Å². The number of isocyanates is 1. The molecule has 0 fully saturated rings. The van der Waals surface area contributed by atoms with Gasteiger partial charge in [-0.2, -0.15) is 4.99 Å². The van der Waals surface area contributed by atoms with Crippen molar-refractivity contribution in [1.82, 2.24) is 9.55 Å². The quantitative estimate of drug-likeness (QED) is 0.500. The minimum absolute atomic E-state index is 0.197. The molecule has 0 saturated heterocycles. The monoisotopic (exact) mass is 165 g/mol. The number of hydrogen-bond donors (Lipinski definition) is 0. The van der Waals surface area contributed by atoms with E-state index in [2.05, 4.69) is 9.98 Å². The van der Waals surface area contributed by atoms with Gasteiger partial charge < -0.3 is 4.57 Å². The van der Waals surface area contributed by atoms with E-state index in [1.165, 1.54) is 6.08 Å². The van der Waals surface area contributed by atoms with E-state index >= 15 is 0 Å². The zero-order valence-corrected chi connectivity index (χ0v) is 7.19. The van der Waals surface area contributed by atoms with E-state index in [-0.39, 0.29) is 6.04 Å². The van der Waals surface area contributed by atoms with Gasteiger partial charge in [-0.3, -0.25) is 0 Å². The Labute approximate surface area is 71.0 Å². The maximum absolute atomic E-state index is 9.98. The molecule has 0 N–H and O–H groups in total. The molecule has 0 bridgehead atoms. The van der Waals surface area contributed by atoms with E-state index in [0.29, 0.717) is 0 Å². The van der Waals surface area contributed by atoms with E-state index in [4.69, 9.17) is 0 Å². The lowest BCUT2D eigenvalue weighted by molar-refractivity contribution is 0.555. The molecule has 4 heteroatoms. The van der Waals surface area contributed by atoms with Gasteiger partial charge in [-0.15, -0.1) is 0 Å². The van der Waals surface area contributed by atoms with Crippen LogP contribution < -0.4 is 0 Å². The third kappa shape index (κ3) is 1.60. The van der Waals surface area contributed by atoms with Crippen LogP contribution in [0, 0.1) is 0 Å². The number of nitrogens with zero attached hydrogens (tertiary/aromatic N) is 3. The molecule has 12 heavy (non-hydrogen) atoms. The SMILES string of the molecule is CCn1ccnc1C(C)N=C=O. The fraction of sp³-hybridized carbons (Fsp3) is 0.500. The van der Waals surface area contributed by atoms with Gasteiger partial charge in [0.15, 0.2) is 0 Å². The zero-order chi connectivity index (χ0) is 8.97. The maximum Gasteiger partial charge on any atom is 0.235 e. The first-order valence-electron chi connectivity index (χ1n) is 3.87. The van der Waals surface area contributed by atoms with Crippen LogP contribution >= 0.6 is 0 Å². The van der Waals surface area contributed by atoms with Gasteiger partial charge in [0, 0.05) is 18.9 Å². The zero-order valence-electron chi connectivity index (χ0n) is 7.19. The highest BCUT2D eigenvalue weighted by molar-refractivity contribution is 5.34. The summed E-state index contributed by atoms with van der Waals surface area (Å²) in [5.41, 5.74) is 0. The Morgan fingerprint density at radius 3 is 3.17 bits per heavy atom. The lowest BCUT2D eigenvalue weighted by Gasteiger charge is -2.05. The third-order valence-corrected chi connectivity index (χ3v) is 1.71. The van der Waals surface area contributed by atoms with Crippen molar-refractivity contribution in [2.24, 2.45) is 4.99 Å². The van der Waals surface area contributed by atoms with Crippen molar-refractivity contribution < 1.29 is 4.79 Å². The summed E-state index contributed by atoms with van der Waals surface area (Å²) in [7, 11) is 0. The van der Waals surface area contributed by atoms with Crippen molar-refractivity contribution in [3.8, 4) is 0 Å². The molecule has 0 amide bonds. The Hall–Kier alpha value is -1.41. The summed E-state index contributed by atoms with van der Waals surface area (Å²) < 4.78 is 1.95. The van der Waals surface area contributed by atoms with E-state index in [9.17, 15) is 4.79 Å². The molecular formula is C8H11N3O. The molecule has 1 heterocycles. The van der Waals surface area contributed by atoms with Crippen LogP contribution in [0.2, 0.25) is 0 Å². The lowest BCUT2D eigenvalue weighted by Crippen LogP contribution is -2.03. The summed E-state index contributed by atoms with van der Waals surface area (Å²) >= 11 is 0. The lowest BCUT2D eigenvalue weighted by atomic mass is 10.3. The van der Waals surface area contributed by atoms with Gasteiger partial charge in [0.2, 0.25) is 6.08 Å². The maximum atomic E-state index is 9.98. The number of aryl methyl sites for hydroxylation is 1. The fourth-order valence-electron chi connectivity index (χ4n) is 1.09. The molecule has 64 valence electrons. The summed E-state index contributed by atoms with van der Waals surface area (Å²) in [6.45, 7) is 4.68. The van der Waals surface area contributed by atoms with Crippen LogP contribution in [0.4, 0.5) is 0 Å². The highest BCUT2D eigenvalue weighted by Crippen LogP contribution is 2.12. The van der Waals surface area contributed by atoms with Gasteiger partial charge in [-0.25, -0.2) is 9.78 Å². The Morgan fingerprint density at radius 2 is 2.58 bits per heavy atom. The van der Waals surface area contributed by atoms with Gasteiger partial charge in [0.25, 0.3) is 0 Å². The molecule has 1 rings (SSSR count). The summed E-state index contributed by atoms with van der Waals surface area (Å²) in [6, 6.07) is -0.197. The predicted molar refractivity (Wildman–Crippen MR) is 44.4 cm³/mol. The van der Waals surface area contributed by atoms with E-state index in [1.54, 1.807) is 6.20 Å². The minimum Gasteiger partial charge on any atom is -0.333 e. The van der Waals surface area contributed by atoms with Crippen LogP contribution in [-0.2, 0) is 11.3 Å². The van der Waals surface area contributed by atoms with E-state index in [1.807, 2.05) is 24.6 Å². The first kappa shape index (κ1) is 8.68. The van der Waals surface area contributed by atoms with Gasteiger partial charge in [-0.05, 0) is 13.8 Å². The molecule has 1 aromatic heterocycles. The summed E-state index contributed by atoms with van der Waals surface area (Å²) in [5, 5.41) is 0. The Kier molecular flexibility index (Phi) is 2.77. The normalized spacial score (nSPS) is 12.2. The second-order valence-electron chi connectivity index (χ2n) is 2.47. The molecule has 0 spiro atoms. The van der Waals surface area contributed by atoms with Crippen LogP contribution in [0.25, 0.3) is 0 Å². The number of rotatable bonds is 3. The minimum atomic E-state index is -0.197. The number of carbonyl (C=O) groups excluding carboxylic acids is 1. The topological polar surface area (TPSA) is 47.2 Å². The molecule has 0 aliphatic rings. The third-order valence-electron chi connectivity index (χ3n) is 1.71. The van der Waals surface area contributed by atoms with E-state index in [0.717, 1.165) is 12.4 Å². The fourth-order valence-corrected chi connectivity index (χ4v) is 1.09. The second kappa shape index (κ2) is 3.83. The summed E-state index contributed by atoms with van der Waals surface area (Å²) in [4.78, 5) is 17.7. The summed E-state index contributed by atoms with van der Waals surface area (Å²) in [6.07, 6.45) is 5.10. The Balaban J connectivity index is 2.92.